The van der Waals surface area contributed by atoms with Crippen molar-refractivity contribution in [1.29, 1.82) is 0 Å². The van der Waals surface area contributed by atoms with Gasteiger partial charge in [0.1, 0.15) is 6.10 Å². The van der Waals surface area contributed by atoms with Crippen molar-refractivity contribution in [2.45, 2.75) is 38.0 Å². The number of aliphatic hydroxyl groups excluding tert-OH is 1. The van der Waals surface area contributed by atoms with Crippen LogP contribution in [0.15, 0.2) is 0 Å². The van der Waals surface area contributed by atoms with Gasteiger partial charge >= 0.3 is 5.97 Å². The van der Waals surface area contributed by atoms with Crippen molar-refractivity contribution >= 4 is 11.9 Å². The zero-order chi connectivity index (χ0) is 11.4. The summed E-state index contributed by atoms with van der Waals surface area (Å²) in [7, 11) is 0. The van der Waals surface area contributed by atoms with Gasteiger partial charge in [0.05, 0.1) is 6.10 Å². The minimum absolute atomic E-state index is 0.471. The number of ether oxygens (including phenoxy) is 1. The van der Waals surface area contributed by atoms with Gasteiger partial charge in [-0.05, 0) is 19.8 Å². The molecule has 0 saturated carbocycles. The summed E-state index contributed by atoms with van der Waals surface area (Å²) in [6.07, 6.45) is -0.318. The molecule has 86 valence electrons. The molecule has 15 heavy (non-hydrogen) atoms. The van der Waals surface area contributed by atoms with E-state index < -0.39 is 30.1 Å². The maximum absolute atomic E-state index is 11.5. The number of amides is 1. The molecule has 0 aliphatic carbocycles. The second-order valence-electron chi connectivity index (χ2n) is 3.57. The quantitative estimate of drug-likeness (QED) is 0.568. The number of carbonyl (C=O) groups is 2. The van der Waals surface area contributed by atoms with Gasteiger partial charge < -0.3 is 20.3 Å². The first kappa shape index (κ1) is 11.9. The average Bonchev–Trinajstić information content (AvgIpc) is 2.65. The second kappa shape index (κ2) is 5.09. The second-order valence-corrected chi connectivity index (χ2v) is 3.57. The van der Waals surface area contributed by atoms with Crippen molar-refractivity contribution in [1.82, 2.24) is 5.32 Å². The predicted octanol–water partition coefficient (Wildman–Crippen LogP) is -0.884. The molecule has 0 aromatic carbocycles. The Morgan fingerprint density at radius 1 is 1.53 bits per heavy atom. The molecule has 0 radical (unpaired) electrons. The van der Waals surface area contributed by atoms with Crippen molar-refractivity contribution < 1.29 is 24.5 Å². The molecule has 6 heteroatoms. The lowest BCUT2D eigenvalue weighted by atomic mass is 10.1. The van der Waals surface area contributed by atoms with Crippen molar-refractivity contribution in [3.05, 3.63) is 0 Å². The maximum Gasteiger partial charge on any atom is 0.328 e. The van der Waals surface area contributed by atoms with Crippen LogP contribution in [0.25, 0.3) is 0 Å². The summed E-state index contributed by atoms with van der Waals surface area (Å²) in [5.41, 5.74) is 0. The van der Waals surface area contributed by atoms with E-state index in [1.807, 2.05) is 0 Å². The van der Waals surface area contributed by atoms with E-state index >= 15 is 0 Å². The number of nitrogens with one attached hydrogen (secondary N) is 1. The normalized spacial score (nSPS) is 24.5. The Hall–Kier alpha value is -1.14. The lowest BCUT2D eigenvalue weighted by Crippen LogP contribution is -2.50. The van der Waals surface area contributed by atoms with Crippen LogP contribution in [-0.4, -0.2) is 46.9 Å². The Kier molecular flexibility index (Phi) is 4.05. The Morgan fingerprint density at radius 3 is 2.60 bits per heavy atom. The van der Waals surface area contributed by atoms with Gasteiger partial charge in [0.2, 0.25) is 5.91 Å². The Balaban J connectivity index is 2.50. The Morgan fingerprint density at radius 2 is 2.20 bits per heavy atom. The van der Waals surface area contributed by atoms with Crippen LogP contribution in [0.2, 0.25) is 0 Å². The first-order valence-corrected chi connectivity index (χ1v) is 4.85. The molecule has 0 aromatic heterocycles. The van der Waals surface area contributed by atoms with Crippen LogP contribution < -0.4 is 5.32 Å². The predicted molar refractivity (Wildman–Crippen MR) is 50.2 cm³/mol. The molecule has 1 amide bonds. The third-order valence-electron chi connectivity index (χ3n) is 2.27. The summed E-state index contributed by atoms with van der Waals surface area (Å²) < 4.78 is 5.09. The van der Waals surface area contributed by atoms with E-state index in [1.54, 1.807) is 0 Å². The first-order valence-electron chi connectivity index (χ1n) is 4.85. The van der Waals surface area contributed by atoms with E-state index in [4.69, 9.17) is 14.9 Å². The van der Waals surface area contributed by atoms with Gasteiger partial charge in [-0.15, -0.1) is 0 Å². The molecule has 3 atom stereocenters. The molecule has 0 bridgehead atoms. The summed E-state index contributed by atoms with van der Waals surface area (Å²) in [6, 6.07) is -1.28. The molecular formula is C9H15NO5. The van der Waals surface area contributed by atoms with Gasteiger partial charge in [-0.1, -0.05) is 0 Å². The van der Waals surface area contributed by atoms with Crippen LogP contribution in [0, 0.1) is 0 Å². The number of carboxylic acid groups (broad SMARTS) is 1. The smallest absolute Gasteiger partial charge is 0.328 e. The third kappa shape index (κ3) is 3.17. The zero-order valence-electron chi connectivity index (χ0n) is 8.47. The number of carbonyl (C=O) groups excluding carboxylic acids is 1. The highest BCUT2D eigenvalue weighted by molar-refractivity contribution is 5.86. The van der Waals surface area contributed by atoms with Gasteiger partial charge in [-0.25, -0.2) is 4.79 Å². The average molecular weight is 217 g/mol. The number of aliphatic hydroxyl groups is 1. The van der Waals surface area contributed by atoms with E-state index in [-0.39, 0.29) is 0 Å². The fraction of sp³-hybridized carbons (Fsp3) is 0.778. The molecular weight excluding hydrogens is 202 g/mol. The highest BCUT2D eigenvalue weighted by Gasteiger charge is 2.30. The number of hydrogen-bond donors (Lipinski definition) is 3. The highest BCUT2D eigenvalue weighted by atomic mass is 16.5. The third-order valence-corrected chi connectivity index (χ3v) is 2.27. The standard InChI is InChI=1S/C9H15NO5/c1-5(11)7(9(13)14)10-8(12)6-3-2-4-15-6/h5-7,11H,2-4H2,1H3,(H,10,12)(H,13,14). The molecule has 1 fully saturated rings. The Labute approximate surface area is 87.2 Å². The summed E-state index contributed by atoms with van der Waals surface area (Å²) >= 11 is 0. The first-order chi connectivity index (χ1) is 7.02. The summed E-state index contributed by atoms with van der Waals surface area (Å²) in [5, 5.41) is 20.1. The molecule has 1 aliphatic rings. The molecule has 0 spiro atoms. The number of hydrogen-bond acceptors (Lipinski definition) is 4. The minimum atomic E-state index is -1.28. The van der Waals surface area contributed by atoms with Crippen LogP contribution in [0.5, 0.6) is 0 Å². The van der Waals surface area contributed by atoms with Crippen molar-refractivity contribution in [3.63, 3.8) is 0 Å². The number of aliphatic carboxylic acids is 1. The fourth-order valence-corrected chi connectivity index (χ4v) is 1.42. The molecule has 3 unspecified atom stereocenters. The van der Waals surface area contributed by atoms with Gasteiger partial charge in [-0.3, -0.25) is 4.79 Å². The Bertz CT molecular complexity index is 247. The SMILES string of the molecule is CC(O)C(NC(=O)C1CCCO1)C(=O)O. The monoisotopic (exact) mass is 217 g/mol. The summed E-state index contributed by atoms with van der Waals surface area (Å²) in [4.78, 5) is 22.1. The topological polar surface area (TPSA) is 95.9 Å². The van der Waals surface area contributed by atoms with Gasteiger partial charge in [0, 0.05) is 6.61 Å². The molecule has 1 rings (SSSR count). The van der Waals surface area contributed by atoms with Gasteiger partial charge in [0.15, 0.2) is 6.04 Å². The molecule has 1 aliphatic heterocycles. The van der Waals surface area contributed by atoms with Gasteiger partial charge in [-0.2, -0.15) is 0 Å². The van der Waals surface area contributed by atoms with Crippen molar-refractivity contribution in [2.24, 2.45) is 0 Å². The lowest BCUT2D eigenvalue weighted by molar-refractivity contribution is -0.146. The van der Waals surface area contributed by atoms with Crippen LogP contribution in [0.3, 0.4) is 0 Å². The fourth-order valence-electron chi connectivity index (χ4n) is 1.42. The number of rotatable bonds is 4. The summed E-state index contributed by atoms with van der Waals surface area (Å²) in [5.74, 6) is -1.72. The molecule has 1 saturated heterocycles. The van der Waals surface area contributed by atoms with E-state index in [9.17, 15) is 9.59 Å². The highest BCUT2D eigenvalue weighted by Crippen LogP contribution is 2.12. The minimum Gasteiger partial charge on any atom is -0.480 e. The van der Waals surface area contributed by atoms with E-state index in [0.29, 0.717) is 13.0 Å². The molecule has 6 nitrogen and oxygen atoms in total. The van der Waals surface area contributed by atoms with Crippen LogP contribution >= 0.6 is 0 Å². The van der Waals surface area contributed by atoms with Crippen LogP contribution in [0.1, 0.15) is 19.8 Å². The zero-order valence-corrected chi connectivity index (χ0v) is 8.47. The molecule has 1 heterocycles. The van der Waals surface area contributed by atoms with Crippen molar-refractivity contribution in [2.75, 3.05) is 6.61 Å². The lowest BCUT2D eigenvalue weighted by Gasteiger charge is -2.19. The van der Waals surface area contributed by atoms with Crippen LogP contribution in [0.4, 0.5) is 0 Å². The number of carboxylic acids is 1. The largest absolute Gasteiger partial charge is 0.480 e. The van der Waals surface area contributed by atoms with E-state index in [2.05, 4.69) is 5.32 Å². The van der Waals surface area contributed by atoms with Crippen LogP contribution in [-0.2, 0) is 14.3 Å². The summed E-state index contributed by atoms with van der Waals surface area (Å²) in [6.45, 7) is 1.83. The van der Waals surface area contributed by atoms with Crippen molar-refractivity contribution in [3.8, 4) is 0 Å². The van der Waals surface area contributed by atoms with E-state index in [0.717, 1.165) is 6.42 Å². The molecule has 3 N–H and O–H groups in total. The maximum atomic E-state index is 11.5. The molecule has 0 aromatic rings. The van der Waals surface area contributed by atoms with Gasteiger partial charge in [0.25, 0.3) is 0 Å². The van der Waals surface area contributed by atoms with E-state index in [1.165, 1.54) is 6.92 Å².